The molecule has 0 N–H and O–H groups in total. The zero-order valence-corrected chi connectivity index (χ0v) is 19.9. The number of rotatable bonds is 18. The Kier molecular flexibility index (Phi) is 16.3. The van der Waals surface area contributed by atoms with Crippen LogP contribution in [0, 0.1) is 5.92 Å². The highest BCUT2D eigenvalue weighted by Crippen LogP contribution is 2.24. The smallest absolute Gasteiger partial charge is 0.0175 e. The van der Waals surface area contributed by atoms with Gasteiger partial charge in [0.25, 0.3) is 0 Å². The third-order valence-corrected chi connectivity index (χ3v) is 6.40. The molecule has 27 heavy (non-hydrogen) atoms. The Hall–Kier alpha value is -0.300. The molecule has 156 valence electrons. The normalized spacial score (nSPS) is 12.4. The molecule has 1 heteroatoms. The van der Waals surface area contributed by atoms with Crippen LogP contribution in [0.1, 0.15) is 122 Å². The zero-order valence-electron chi connectivity index (χ0n) is 18.3. The lowest BCUT2D eigenvalue weighted by atomic mass is 9.89. The van der Waals surface area contributed by atoms with Crippen molar-refractivity contribution in [1.82, 2.24) is 0 Å². The molecule has 0 radical (unpaired) electrons. The summed E-state index contributed by atoms with van der Waals surface area (Å²) in [5.41, 5.74) is 1.52. The molecule has 0 spiro atoms. The van der Waals surface area contributed by atoms with Gasteiger partial charge in [-0.1, -0.05) is 145 Å². The molecule has 1 unspecified atom stereocenters. The molecule has 1 aromatic carbocycles. The predicted molar refractivity (Wildman–Crippen MR) is 127 cm³/mol. The molecule has 0 aromatic heterocycles. The Bertz CT molecular complexity index is 422. The van der Waals surface area contributed by atoms with E-state index in [2.05, 4.69) is 54.0 Å². The van der Waals surface area contributed by atoms with Gasteiger partial charge in [0, 0.05) is 4.47 Å². The van der Waals surface area contributed by atoms with Gasteiger partial charge < -0.3 is 0 Å². The van der Waals surface area contributed by atoms with Crippen molar-refractivity contribution in [3.8, 4) is 0 Å². The van der Waals surface area contributed by atoms with E-state index in [9.17, 15) is 0 Å². The molecule has 0 fully saturated rings. The molecule has 0 heterocycles. The van der Waals surface area contributed by atoms with E-state index >= 15 is 0 Å². The summed E-state index contributed by atoms with van der Waals surface area (Å²) in [4.78, 5) is 0. The lowest BCUT2D eigenvalue weighted by Crippen LogP contribution is -2.05. The molecule has 1 atom stereocenters. The van der Waals surface area contributed by atoms with Crippen LogP contribution in [0.4, 0.5) is 0 Å². The Labute approximate surface area is 179 Å². The number of hydrogen-bond acceptors (Lipinski definition) is 0. The van der Waals surface area contributed by atoms with Crippen LogP contribution in [0.2, 0.25) is 0 Å². The van der Waals surface area contributed by atoms with Crippen LogP contribution in [-0.4, -0.2) is 0 Å². The summed E-state index contributed by atoms with van der Waals surface area (Å²) >= 11 is 3.57. The Balaban J connectivity index is 2.26. The summed E-state index contributed by atoms with van der Waals surface area (Å²) in [6.07, 6.45) is 24.1. The van der Waals surface area contributed by atoms with Crippen molar-refractivity contribution in [2.45, 2.75) is 123 Å². The molecule has 0 bridgehead atoms. The van der Waals surface area contributed by atoms with Crippen molar-refractivity contribution in [3.63, 3.8) is 0 Å². The fourth-order valence-corrected chi connectivity index (χ4v) is 4.35. The fourth-order valence-electron chi connectivity index (χ4n) is 4.08. The lowest BCUT2D eigenvalue weighted by Gasteiger charge is -2.17. The first kappa shape index (κ1) is 24.7. The van der Waals surface area contributed by atoms with Gasteiger partial charge in [0.2, 0.25) is 0 Å². The van der Waals surface area contributed by atoms with Crippen LogP contribution in [0.15, 0.2) is 28.7 Å². The summed E-state index contributed by atoms with van der Waals surface area (Å²) in [6.45, 7) is 4.60. The van der Waals surface area contributed by atoms with E-state index in [-0.39, 0.29) is 0 Å². The van der Waals surface area contributed by atoms with E-state index in [0.29, 0.717) is 0 Å². The van der Waals surface area contributed by atoms with Crippen molar-refractivity contribution in [2.75, 3.05) is 0 Å². The monoisotopic (exact) mass is 436 g/mol. The van der Waals surface area contributed by atoms with E-state index in [1.807, 2.05) is 0 Å². The number of hydrogen-bond donors (Lipinski definition) is 0. The maximum absolute atomic E-state index is 3.57. The summed E-state index contributed by atoms with van der Waals surface area (Å²) in [6, 6.07) is 9.03. The second kappa shape index (κ2) is 17.8. The summed E-state index contributed by atoms with van der Waals surface area (Å²) in [7, 11) is 0. The van der Waals surface area contributed by atoms with Gasteiger partial charge in [0.15, 0.2) is 0 Å². The average Bonchev–Trinajstić information content (AvgIpc) is 2.68. The molecule has 0 aliphatic rings. The van der Waals surface area contributed by atoms with Gasteiger partial charge in [-0.2, -0.15) is 0 Å². The molecule has 0 amide bonds. The van der Waals surface area contributed by atoms with Crippen molar-refractivity contribution in [3.05, 3.63) is 34.3 Å². The van der Waals surface area contributed by atoms with Gasteiger partial charge in [-0.25, -0.2) is 0 Å². The maximum atomic E-state index is 3.57. The van der Waals surface area contributed by atoms with E-state index in [1.165, 1.54) is 119 Å². The first-order valence-corrected chi connectivity index (χ1v) is 12.8. The molecule has 0 saturated heterocycles. The summed E-state index contributed by atoms with van der Waals surface area (Å²) in [5.74, 6) is 0.887. The van der Waals surface area contributed by atoms with Crippen LogP contribution < -0.4 is 0 Å². The van der Waals surface area contributed by atoms with Crippen molar-refractivity contribution in [2.24, 2.45) is 5.92 Å². The molecule has 0 aliphatic carbocycles. The standard InChI is InChI=1S/C26H45Br/c1-3-5-7-9-11-12-14-16-18-24(17-15-13-10-8-6-4-2)23-25-19-21-26(27)22-20-25/h19-22,24H,3-18,23H2,1-2H3. The number of benzene rings is 1. The van der Waals surface area contributed by atoms with Crippen LogP contribution in [0.3, 0.4) is 0 Å². The molecule has 0 saturated carbocycles. The first-order chi connectivity index (χ1) is 13.3. The molecule has 1 aromatic rings. The average molecular weight is 438 g/mol. The van der Waals surface area contributed by atoms with Gasteiger partial charge in [-0.15, -0.1) is 0 Å². The minimum atomic E-state index is 0.887. The van der Waals surface area contributed by atoms with Crippen LogP contribution in [0.25, 0.3) is 0 Å². The topological polar surface area (TPSA) is 0 Å². The Morgan fingerprint density at radius 2 is 1.00 bits per heavy atom. The van der Waals surface area contributed by atoms with E-state index < -0.39 is 0 Å². The number of halogens is 1. The van der Waals surface area contributed by atoms with Crippen molar-refractivity contribution < 1.29 is 0 Å². The Morgan fingerprint density at radius 3 is 1.44 bits per heavy atom. The maximum Gasteiger partial charge on any atom is 0.0175 e. The Morgan fingerprint density at radius 1 is 0.593 bits per heavy atom. The quantitative estimate of drug-likeness (QED) is 0.200. The summed E-state index contributed by atoms with van der Waals surface area (Å²) < 4.78 is 1.20. The van der Waals surface area contributed by atoms with E-state index in [0.717, 1.165) is 5.92 Å². The minimum absolute atomic E-state index is 0.887. The molecule has 1 rings (SSSR count). The molecule has 0 aliphatic heterocycles. The SMILES string of the molecule is CCCCCCCCCCC(CCCCCCCC)Cc1ccc(Br)cc1. The van der Waals surface area contributed by atoms with Crippen LogP contribution in [0.5, 0.6) is 0 Å². The van der Waals surface area contributed by atoms with E-state index in [4.69, 9.17) is 0 Å². The zero-order chi connectivity index (χ0) is 19.6. The lowest BCUT2D eigenvalue weighted by molar-refractivity contribution is 0.400. The third-order valence-electron chi connectivity index (χ3n) is 5.87. The largest absolute Gasteiger partial charge is 0.0654 e. The van der Waals surface area contributed by atoms with Crippen LogP contribution in [-0.2, 0) is 6.42 Å². The summed E-state index contributed by atoms with van der Waals surface area (Å²) in [5, 5.41) is 0. The van der Waals surface area contributed by atoms with Gasteiger partial charge in [0.05, 0.1) is 0 Å². The highest BCUT2D eigenvalue weighted by Gasteiger charge is 2.10. The second-order valence-corrected chi connectivity index (χ2v) is 9.43. The van der Waals surface area contributed by atoms with Gasteiger partial charge in [-0.3, -0.25) is 0 Å². The van der Waals surface area contributed by atoms with Gasteiger partial charge in [0.1, 0.15) is 0 Å². The molecular formula is C26H45Br. The van der Waals surface area contributed by atoms with Crippen LogP contribution >= 0.6 is 15.9 Å². The van der Waals surface area contributed by atoms with Crippen molar-refractivity contribution in [1.29, 1.82) is 0 Å². The highest BCUT2D eigenvalue weighted by molar-refractivity contribution is 9.10. The predicted octanol–water partition coefficient (Wildman–Crippen LogP) is 9.89. The third kappa shape index (κ3) is 14.4. The van der Waals surface area contributed by atoms with Gasteiger partial charge >= 0.3 is 0 Å². The first-order valence-electron chi connectivity index (χ1n) is 12.0. The van der Waals surface area contributed by atoms with Gasteiger partial charge in [-0.05, 0) is 30.0 Å². The highest BCUT2D eigenvalue weighted by atomic mass is 79.9. The van der Waals surface area contributed by atoms with Crippen molar-refractivity contribution >= 4 is 15.9 Å². The second-order valence-electron chi connectivity index (χ2n) is 8.52. The molecule has 0 nitrogen and oxygen atoms in total. The minimum Gasteiger partial charge on any atom is -0.0654 e. The van der Waals surface area contributed by atoms with E-state index in [1.54, 1.807) is 0 Å². The molecular weight excluding hydrogens is 392 g/mol. The fraction of sp³-hybridized carbons (Fsp3) is 0.769. The number of unbranched alkanes of at least 4 members (excludes halogenated alkanes) is 12.